The van der Waals surface area contributed by atoms with Crippen LogP contribution in [-0.4, -0.2) is 42.0 Å². The molecule has 0 aliphatic rings. The maximum Gasteiger partial charge on any atom is 0.306 e. The average molecular weight is 310 g/mol. The van der Waals surface area contributed by atoms with Gasteiger partial charge in [-0.1, -0.05) is 6.08 Å². The van der Waals surface area contributed by atoms with Crippen molar-refractivity contribution in [1.82, 2.24) is 4.98 Å². The van der Waals surface area contributed by atoms with Crippen LogP contribution in [0.2, 0.25) is 0 Å². The summed E-state index contributed by atoms with van der Waals surface area (Å²) in [5.74, 6) is -0.463. The van der Waals surface area contributed by atoms with Crippen molar-refractivity contribution >= 4 is 23.0 Å². The summed E-state index contributed by atoms with van der Waals surface area (Å²) in [7, 11) is 1.69. The zero-order chi connectivity index (χ0) is 15.7. The largest absolute Gasteiger partial charge is 0.466 e. The van der Waals surface area contributed by atoms with Gasteiger partial charge in [0.2, 0.25) is 0 Å². The Balaban J connectivity index is 2.97. The summed E-state index contributed by atoms with van der Waals surface area (Å²) in [4.78, 5) is 21.5. The lowest BCUT2D eigenvalue weighted by molar-refractivity contribution is -0.143. The first-order chi connectivity index (χ1) is 10.1. The summed E-state index contributed by atoms with van der Waals surface area (Å²) in [5, 5.41) is 9.71. The van der Waals surface area contributed by atoms with Gasteiger partial charge in [-0.05, 0) is 26.3 Å². The van der Waals surface area contributed by atoms with Crippen molar-refractivity contribution in [3.63, 3.8) is 0 Å². The molecule has 0 radical (unpaired) electrons. The van der Waals surface area contributed by atoms with Gasteiger partial charge in [-0.2, -0.15) is 0 Å². The number of hydrogen-bond acceptors (Lipinski definition) is 6. The highest BCUT2D eigenvalue weighted by atomic mass is 32.1. The van der Waals surface area contributed by atoms with Crippen LogP contribution in [0, 0.1) is 6.92 Å². The molecule has 1 aromatic rings. The van der Waals surface area contributed by atoms with Gasteiger partial charge in [0.05, 0.1) is 18.9 Å². The molecule has 1 rings (SSSR count). The Morgan fingerprint density at radius 2 is 2.38 bits per heavy atom. The third kappa shape index (κ3) is 5.77. The second-order valence-corrected chi connectivity index (χ2v) is 5.70. The minimum Gasteiger partial charge on any atom is -0.466 e. The Hall–Kier alpha value is -1.53. The van der Waals surface area contributed by atoms with E-state index in [0.29, 0.717) is 13.0 Å². The van der Waals surface area contributed by atoms with Crippen molar-refractivity contribution in [2.75, 3.05) is 20.3 Å². The van der Waals surface area contributed by atoms with Crippen LogP contribution in [-0.2, 0) is 9.53 Å². The van der Waals surface area contributed by atoms with E-state index in [2.05, 4.69) is 9.98 Å². The van der Waals surface area contributed by atoms with Crippen molar-refractivity contribution in [2.45, 2.75) is 32.6 Å². The monoisotopic (exact) mass is 310 g/mol. The van der Waals surface area contributed by atoms with E-state index >= 15 is 0 Å². The van der Waals surface area contributed by atoms with Gasteiger partial charge in [-0.15, -0.1) is 11.3 Å². The second kappa shape index (κ2) is 9.41. The van der Waals surface area contributed by atoms with Gasteiger partial charge < -0.3 is 9.84 Å². The lowest BCUT2D eigenvalue weighted by atomic mass is 9.99. The fraction of sp³-hybridized carbons (Fsp3) is 0.533. The molecule has 0 aliphatic heterocycles. The zero-order valence-corrected chi connectivity index (χ0v) is 13.5. The smallest absolute Gasteiger partial charge is 0.306 e. The highest BCUT2D eigenvalue weighted by molar-refractivity contribution is 7.11. The van der Waals surface area contributed by atoms with E-state index in [4.69, 9.17) is 9.84 Å². The molecule has 0 amide bonds. The Bertz CT molecular complexity index is 509. The molecule has 1 aromatic heterocycles. The normalized spacial score (nSPS) is 13.6. The molecule has 21 heavy (non-hydrogen) atoms. The third-order valence-electron chi connectivity index (χ3n) is 2.81. The number of carbonyl (C=O) groups is 1. The van der Waals surface area contributed by atoms with Crippen molar-refractivity contribution in [1.29, 1.82) is 0 Å². The lowest BCUT2D eigenvalue weighted by Gasteiger charge is -2.14. The molecule has 0 saturated heterocycles. The molecule has 0 aliphatic carbocycles. The van der Waals surface area contributed by atoms with E-state index in [-0.39, 0.29) is 24.9 Å². The number of rotatable bonds is 8. The number of esters is 1. The van der Waals surface area contributed by atoms with E-state index in [9.17, 15) is 4.79 Å². The van der Waals surface area contributed by atoms with Crippen LogP contribution in [0.15, 0.2) is 23.3 Å². The molecule has 0 bridgehead atoms. The topological polar surface area (TPSA) is 71.8 Å². The molecule has 0 saturated carbocycles. The Kier molecular flexibility index (Phi) is 7.85. The van der Waals surface area contributed by atoms with Crippen LogP contribution in [0.1, 0.15) is 35.6 Å². The third-order valence-corrected chi connectivity index (χ3v) is 3.84. The van der Waals surface area contributed by atoms with Crippen LogP contribution in [0.5, 0.6) is 0 Å². The van der Waals surface area contributed by atoms with E-state index < -0.39 is 0 Å². The molecule has 1 unspecified atom stereocenters. The summed E-state index contributed by atoms with van der Waals surface area (Å²) in [5.41, 5.74) is 0.769. The number of carbonyl (C=O) groups excluding carboxylic acids is 1. The average Bonchev–Trinajstić information content (AvgIpc) is 2.88. The number of aliphatic imine (C=N–C) groups is 1. The molecular weight excluding hydrogens is 288 g/mol. The van der Waals surface area contributed by atoms with E-state index in [1.807, 2.05) is 19.1 Å². The van der Waals surface area contributed by atoms with Gasteiger partial charge in [0.1, 0.15) is 5.01 Å². The SMILES string of the molecule is CCOC(=O)CC(C(/C=C\CCO)=NC)c1ncc(C)s1. The van der Waals surface area contributed by atoms with Gasteiger partial charge in [0, 0.05) is 30.4 Å². The standard InChI is InChI=1S/C15H22N2O3S/c1-4-20-14(19)9-12(15-17-10-11(2)21-15)13(16-3)7-5-6-8-18/h5,7,10,12,18H,4,6,8-9H2,1-3H3/b7-5-,16-13?. The number of aromatic nitrogens is 1. The number of aryl methyl sites for hydroxylation is 1. The first-order valence-electron chi connectivity index (χ1n) is 6.94. The van der Waals surface area contributed by atoms with Gasteiger partial charge >= 0.3 is 5.97 Å². The molecule has 6 heteroatoms. The first kappa shape index (κ1) is 17.5. The maximum atomic E-state index is 11.8. The molecule has 1 N–H and O–H groups in total. The second-order valence-electron chi connectivity index (χ2n) is 4.43. The van der Waals surface area contributed by atoms with Gasteiger partial charge in [0.15, 0.2) is 0 Å². The lowest BCUT2D eigenvalue weighted by Crippen LogP contribution is -2.17. The van der Waals surface area contributed by atoms with Crippen LogP contribution in [0.25, 0.3) is 0 Å². The van der Waals surface area contributed by atoms with Crippen molar-refractivity contribution in [3.05, 3.63) is 28.2 Å². The van der Waals surface area contributed by atoms with Gasteiger partial charge in [-0.3, -0.25) is 9.79 Å². The fourth-order valence-electron chi connectivity index (χ4n) is 1.86. The van der Waals surface area contributed by atoms with Crippen molar-refractivity contribution < 1.29 is 14.6 Å². The Morgan fingerprint density at radius 3 is 2.90 bits per heavy atom. The quantitative estimate of drug-likeness (QED) is 0.591. The van der Waals surface area contributed by atoms with Crippen LogP contribution in [0.4, 0.5) is 0 Å². The van der Waals surface area contributed by atoms with Crippen molar-refractivity contribution in [2.24, 2.45) is 4.99 Å². The van der Waals surface area contributed by atoms with Crippen LogP contribution >= 0.6 is 11.3 Å². The molecular formula is C15H22N2O3S. The predicted octanol–water partition coefficient (Wildman–Crippen LogP) is 2.50. The number of aliphatic hydroxyl groups excluding tert-OH is 1. The maximum absolute atomic E-state index is 11.8. The Labute approximate surface area is 129 Å². The van der Waals surface area contributed by atoms with Gasteiger partial charge in [0.25, 0.3) is 0 Å². The fourth-order valence-corrected chi connectivity index (χ4v) is 2.75. The molecule has 5 nitrogen and oxygen atoms in total. The molecule has 1 heterocycles. The van der Waals surface area contributed by atoms with Crippen molar-refractivity contribution in [3.8, 4) is 0 Å². The van der Waals surface area contributed by atoms with Crippen LogP contribution in [0.3, 0.4) is 0 Å². The van der Waals surface area contributed by atoms with E-state index in [0.717, 1.165) is 15.6 Å². The summed E-state index contributed by atoms with van der Waals surface area (Å²) in [6, 6.07) is 0. The summed E-state index contributed by atoms with van der Waals surface area (Å²) < 4.78 is 5.04. The minimum absolute atomic E-state index is 0.0897. The highest BCUT2D eigenvalue weighted by Gasteiger charge is 2.23. The minimum atomic E-state index is -0.257. The van der Waals surface area contributed by atoms with E-state index in [1.54, 1.807) is 31.5 Å². The molecule has 1 atom stereocenters. The first-order valence-corrected chi connectivity index (χ1v) is 7.76. The Morgan fingerprint density at radius 1 is 1.62 bits per heavy atom. The number of hydrogen-bond donors (Lipinski definition) is 1. The highest BCUT2D eigenvalue weighted by Crippen LogP contribution is 2.27. The number of allylic oxidation sites excluding steroid dienone is 1. The summed E-state index contributed by atoms with van der Waals surface area (Å²) in [6.45, 7) is 4.22. The molecule has 116 valence electrons. The summed E-state index contributed by atoms with van der Waals surface area (Å²) in [6.07, 6.45) is 6.26. The van der Waals surface area contributed by atoms with Gasteiger partial charge in [-0.25, -0.2) is 4.98 Å². The molecule has 0 spiro atoms. The number of ether oxygens (including phenoxy) is 1. The van der Waals surface area contributed by atoms with Crippen LogP contribution < -0.4 is 0 Å². The summed E-state index contributed by atoms with van der Waals surface area (Å²) >= 11 is 1.56. The molecule has 0 fully saturated rings. The number of thiazole rings is 1. The molecule has 0 aromatic carbocycles. The predicted molar refractivity (Wildman–Crippen MR) is 85.0 cm³/mol. The number of nitrogens with zero attached hydrogens (tertiary/aromatic N) is 2. The zero-order valence-electron chi connectivity index (χ0n) is 12.7. The van der Waals surface area contributed by atoms with E-state index in [1.165, 1.54) is 0 Å². The number of aliphatic hydroxyl groups is 1.